The van der Waals surface area contributed by atoms with Crippen LogP contribution in [-0.4, -0.2) is 65.6 Å². The van der Waals surface area contributed by atoms with Gasteiger partial charge in [-0.25, -0.2) is 0 Å². The van der Waals surface area contributed by atoms with Gasteiger partial charge >= 0.3 is 0 Å². The minimum absolute atomic E-state index is 0.00107. The molecule has 0 spiro atoms. The average Bonchev–Trinajstić information content (AvgIpc) is 3.33. The van der Waals surface area contributed by atoms with Crippen LogP contribution in [0, 0.1) is 0 Å². The lowest BCUT2D eigenvalue weighted by atomic mass is 10.0. The van der Waals surface area contributed by atoms with Crippen LogP contribution in [0.5, 0.6) is 5.75 Å². The Morgan fingerprint density at radius 2 is 1.66 bits per heavy atom. The van der Waals surface area contributed by atoms with Crippen LogP contribution in [0.2, 0.25) is 5.02 Å². The van der Waals surface area contributed by atoms with Crippen molar-refractivity contribution in [3.63, 3.8) is 0 Å². The molecule has 3 aliphatic heterocycles. The quantitative estimate of drug-likeness (QED) is 0.453. The number of nitrogens with one attached hydrogen (secondary N) is 1. The van der Waals surface area contributed by atoms with Crippen molar-refractivity contribution in [2.45, 2.75) is 32.0 Å². The number of benzene rings is 3. The summed E-state index contributed by atoms with van der Waals surface area (Å²) in [4.78, 5) is 55.7. The van der Waals surface area contributed by atoms with Gasteiger partial charge in [0.05, 0.1) is 6.54 Å². The predicted molar refractivity (Wildman–Crippen MR) is 153 cm³/mol. The zero-order valence-corrected chi connectivity index (χ0v) is 23.1. The third kappa shape index (κ3) is 5.50. The molecule has 9 nitrogen and oxygen atoms in total. The van der Waals surface area contributed by atoms with Crippen molar-refractivity contribution in [3.8, 4) is 5.75 Å². The molecule has 0 aromatic heterocycles. The van der Waals surface area contributed by atoms with Crippen LogP contribution in [0.4, 0.5) is 5.69 Å². The van der Waals surface area contributed by atoms with Crippen LogP contribution in [-0.2, 0) is 22.7 Å². The molecule has 3 heterocycles. The number of nitrogens with zero attached hydrogens (tertiary/aromatic N) is 3. The number of rotatable bonds is 6. The van der Waals surface area contributed by atoms with Gasteiger partial charge in [-0.2, -0.15) is 0 Å². The third-order valence-electron chi connectivity index (χ3n) is 7.89. The molecule has 3 aromatic rings. The lowest BCUT2D eigenvalue weighted by Gasteiger charge is -2.36. The second kappa shape index (κ2) is 11.2. The van der Waals surface area contributed by atoms with Gasteiger partial charge in [0.25, 0.3) is 11.8 Å². The lowest BCUT2D eigenvalue weighted by molar-refractivity contribution is -0.136. The zero-order valence-electron chi connectivity index (χ0n) is 22.3. The van der Waals surface area contributed by atoms with Gasteiger partial charge in [0.1, 0.15) is 18.4 Å². The normalized spacial score (nSPS) is 18.8. The number of anilines is 1. The molecule has 0 aliphatic carbocycles. The summed E-state index contributed by atoms with van der Waals surface area (Å²) in [5.41, 5.74) is 3.84. The Hall–Kier alpha value is -4.37. The Balaban J connectivity index is 1.05. The summed E-state index contributed by atoms with van der Waals surface area (Å²) in [6, 6.07) is 19.7. The lowest BCUT2D eigenvalue weighted by Crippen LogP contribution is -2.52. The molecule has 4 amide bonds. The number of imide groups is 1. The van der Waals surface area contributed by atoms with E-state index in [0.29, 0.717) is 41.4 Å². The van der Waals surface area contributed by atoms with E-state index in [0.717, 1.165) is 29.9 Å². The van der Waals surface area contributed by atoms with E-state index >= 15 is 0 Å². The van der Waals surface area contributed by atoms with E-state index in [1.807, 2.05) is 59.5 Å². The van der Waals surface area contributed by atoms with Crippen molar-refractivity contribution in [2.75, 3.05) is 31.1 Å². The summed E-state index contributed by atoms with van der Waals surface area (Å²) in [5, 5.41) is 3.03. The number of piperazine rings is 1. The number of fused-ring (bicyclic) bond motifs is 1. The van der Waals surface area contributed by atoms with Crippen molar-refractivity contribution in [3.05, 3.63) is 94.0 Å². The number of ether oxygens (including phenoxy) is 1. The Morgan fingerprint density at radius 3 is 2.37 bits per heavy atom. The molecule has 2 fully saturated rings. The third-order valence-corrected chi connectivity index (χ3v) is 8.14. The SMILES string of the molecule is O=C1CCC(N2Cc3c(OCc4ccc(C(=O)N5CCN(c6ccc(Cl)cc6)CC5)cc4)cccc3C2=O)C(=O)N1. The molecule has 0 bridgehead atoms. The number of carbonyl (C=O) groups is 4. The zero-order chi connectivity index (χ0) is 28.5. The van der Waals surface area contributed by atoms with Gasteiger partial charge in [0.15, 0.2) is 0 Å². The van der Waals surface area contributed by atoms with Crippen LogP contribution in [0.15, 0.2) is 66.7 Å². The van der Waals surface area contributed by atoms with Gasteiger partial charge in [-0.15, -0.1) is 0 Å². The molecule has 0 saturated carbocycles. The fraction of sp³-hybridized carbons (Fsp3) is 0.290. The molecule has 210 valence electrons. The summed E-state index contributed by atoms with van der Waals surface area (Å²) >= 11 is 6.00. The molecule has 41 heavy (non-hydrogen) atoms. The van der Waals surface area contributed by atoms with E-state index in [9.17, 15) is 19.2 Å². The molecule has 2 saturated heterocycles. The Kier molecular flexibility index (Phi) is 7.36. The summed E-state index contributed by atoms with van der Waals surface area (Å²) < 4.78 is 6.10. The average molecular weight is 573 g/mol. The van der Waals surface area contributed by atoms with Gasteiger partial charge in [0, 0.05) is 60.0 Å². The van der Waals surface area contributed by atoms with Crippen LogP contribution < -0.4 is 15.0 Å². The molecule has 3 aliphatic rings. The van der Waals surface area contributed by atoms with Gasteiger partial charge in [-0.05, 0) is 60.5 Å². The van der Waals surface area contributed by atoms with Crippen LogP contribution in [0.25, 0.3) is 0 Å². The van der Waals surface area contributed by atoms with Crippen molar-refractivity contribution in [2.24, 2.45) is 0 Å². The highest BCUT2D eigenvalue weighted by Gasteiger charge is 2.40. The van der Waals surface area contributed by atoms with E-state index < -0.39 is 11.9 Å². The first-order valence-corrected chi connectivity index (χ1v) is 14.0. The van der Waals surface area contributed by atoms with E-state index in [4.69, 9.17) is 16.3 Å². The predicted octanol–water partition coefficient (Wildman–Crippen LogP) is 3.64. The Labute approximate surface area is 242 Å². The van der Waals surface area contributed by atoms with Crippen molar-refractivity contribution >= 4 is 40.9 Å². The topological polar surface area (TPSA) is 99.3 Å². The smallest absolute Gasteiger partial charge is 0.255 e. The number of halogens is 1. The molecule has 0 radical (unpaired) electrons. The molecule has 3 aromatic carbocycles. The van der Waals surface area contributed by atoms with E-state index in [2.05, 4.69) is 10.2 Å². The number of piperidine rings is 1. The molecule has 6 rings (SSSR count). The van der Waals surface area contributed by atoms with Crippen LogP contribution in [0.1, 0.15) is 44.7 Å². The van der Waals surface area contributed by atoms with Crippen molar-refractivity contribution < 1.29 is 23.9 Å². The Bertz CT molecular complexity index is 1500. The first kappa shape index (κ1) is 26.8. The molecule has 10 heteroatoms. The fourth-order valence-corrected chi connectivity index (χ4v) is 5.73. The molecular formula is C31H29ClN4O5. The van der Waals surface area contributed by atoms with Gasteiger partial charge in [-0.3, -0.25) is 24.5 Å². The summed E-state index contributed by atoms with van der Waals surface area (Å²) in [6.45, 7) is 3.29. The maximum atomic E-state index is 13.1. The highest BCUT2D eigenvalue weighted by molar-refractivity contribution is 6.30. The van der Waals surface area contributed by atoms with E-state index in [-0.39, 0.29) is 37.3 Å². The van der Waals surface area contributed by atoms with E-state index in [1.165, 1.54) is 4.90 Å². The minimum Gasteiger partial charge on any atom is -0.489 e. The number of carbonyl (C=O) groups excluding carboxylic acids is 4. The molecule has 1 N–H and O–H groups in total. The maximum absolute atomic E-state index is 13.1. The van der Waals surface area contributed by atoms with Gasteiger partial charge < -0.3 is 19.4 Å². The molecular weight excluding hydrogens is 544 g/mol. The highest BCUT2D eigenvalue weighted by atomic mass is 35.5. The van der Waals surface area contributed by atoms with Gasteiger partial charge in [0.2, 0.25) is 11.8 Å². The van der Waals surface area contributed by atoms with Crippen molar-refractivity contribution in [1.29, 1.82) is 0 Å². The number of amides is 4. The second-order valence-electron chi connectivity index (χ2n) is 10.4. The van der Waals surface area contributed by atoms with Crippen LogP contribution >= 0.6 is 11.6 Å². The standard InChI is InChI=1S/C31H29ClN4O5/c32-22-8-10-23(11-9-22)34-14-16-35(17-15-34)30(39)21-6-4-20(5-7-21)19-41-27-3-1-2-24-25(27)18-36(31(24)40)26-12-13-28(37)33-29(26)38/h1-11,26H,12-19H2,(H,33,37,38). The summed E-state index contributed by atoms with van der Waals surface area (Å²) in [7, 11) is 0. The first-order valence-electron chi connectivity index (χ1n) is 13.7. The number of hydrogen-bond acceptors (Lipinski definition) is 6. The van der Waals surface area contributed by atoms with Crippen LogP contribution in [0.3, 0.4) is 0 Å². The van der Waals surface area contributed by atoms with Gasteiger partial charge in [-0.1, -0.05) is 29.8 Å². The molecule has 1 unspecified atom stereocenters. The summed E-state index contributed by atoms with van der Waals surface area (Å²) in [5.74, 6) is -0.422. The monoisotopic (exact) mass is 572 g/mol. The fourth-order valence-electron chi connectivity index (χ4n) is 5.60. The Morgan fingerprint density at radius 1 is 0.927 bits per heavy atom. The second-order valence-corrected chi connectivity index (χ2v) is 10.9. The molecule has 1 atom stereocenters. The largest absolute Gasteiger partial charge is 0.489 e. The first-order chi connectivity index (χ1) is 19.9. The summed E-state index contributed by atoms with van der Waals surface area (Å²) in [6.07, 6.45) is 0.516. The highest BCUT2D eigenvalue weighted by Crippen LogP contribution is 2.34. The maximum Gasteiger partial charge on any atom is 0.255 e. The number of hydrogen-bond donors (Lipinski definition) is 1. The van der Waals surface area contributed by atoms with Crippen molar-refractivity contribution in [1.82, 2.24) is 15.1 Å². The van der Waals surface area contributed by atoms with E-state index in [1.54, 1.807) is 12.1 Å². The minimum atomic E-state index is -0.675.